The molecule has 3 rings (SSSR count). The number of hydrogen-bond donors (Lipinski definition) is 1. The van der Waals surface area contributed by atoms with E-state index in [1.165, 1.54) is 0 Å². The Morgan fingerprint density at radius 1 is 1.20 bits per heavy atom. The highest BCUT2D eigenvalue weighted by Gasteiger charge is 2.19. The zero-order valence-electron chi connectivity index (χ0n) is 14.7. The Bertz CT molecular complexity index is 665. The van der Waals surface area contributed by atoms with Crippen LogP contribution < -0.4 is 5.32 Å². The lowest BCUT2D eigenvalue weighted by Crippen LogP contribution is -2.38. The molecule has 0 spiro atoms. The van der Waals surface area contributed by atoms with Crippen LogP contribution in [-0.2, 0) is 16.1 Å². The minimum Gasteiger partial charge on any atom is -0.379 e. The Kier molecular flexibility index (Phi) is 6.19. The fraction of sp³-hybridized carbons (Fsp3) is 0.474. The van der Waals surface area contributed by atoms with Crippen molar-refractivity contribution >= 4 is 11.7 Å². The summed E-state index contributed by atoms with van der Waals surface area (Å²) in [5.41, 5.74) is 1.04. The van der Waals surface area contributed by atoms with Gasteiger partial charge in [0.05, 0.1) is 25.7 Å². The van der Waals surface area contributed by atoms with E-state index in [9.17, 15) is 4.79 Å². The molecule has 2 heterocycles. The van der Waals surface area contributed by atoms with Gasteiger partial charge in [0.25, 0.3) is 0 Å². The van der Waals surface area contributed by atoms with E-state index in [-0.39, 0.29) is 11.8 Å². The fourth-order valence-corrected chi connectivity index (χ4v) is 3.09. The summed E-state index contributed by atoms with van der Waals surface area (Å²) in [6.45, 7) is 7.33. The lowest BCUT2D eigenvalue weighted by atomic mass is 9.96. The Labute approximate surface area is 148 Å². The van der Waals surface area contributed by atoms with Crippen molar-refractivity contribution in [3.8, 4) is 0 Å². The number of amides is 1. The van der Waals surface area contributed by atoms with Crippen LogP contribution in [0.25, 0.3) is 0 Å². The molecule has 1 aliphatic heterocycles. The van der Waals surface area contributed by atoms with Crippen LogP contribution in [0.1, 0.15) is 24.8 Å². The number of carbonyl (C=O) groups is 1. The number of morpholine rings is 1. The van der Waals surface area contributed by atoms with Crippen LogP contribution >= 0.6 is 0 Å². The van der Waals surface area contributed by atoms with Crippen LogP contribution in [0.15, 0.2) is 42.6 Å². The number of rotatable bonds is 7. The maximum Gasteiger partial charge on any atom is 0.233 e. The summed E-state index contributed by atoms with van der Waals surface area (Å²) in [5, 5.41) is 7.42. The molecule has 1 atom stereocenters. The summed E-state index contributed by atoms with van der Waals surface area (Å²) >= 11 is 0. The van der Waals surface area contributed by atoms with Crippen molar-refractivity contribution in [3.05, 3.63) is 48.2 Å². The van der Waals surface area contributed by atoms with Gasteiger partial charge in [0.15, 0.2) is 5.82 Å². The van der Waals surface area contributed by atoms with Crippen molar-refractivity contribution in [2.45, 2.75) is 25.8 Å². The average molecular weight is 342 g/mol. The Morgan fingerprint density at radius 3 is 2.68 bits per heavy atom. The SMILES string of the molecule is CC[C@@H](C(=O)Nc1ccn(CCN2CCOCC2)n1)c1ccccc1. The summed E-state index contributed by atoms with van der Waals surface area (Å²) in [6, 6.07) is 11.7. The highest BCUT2D eigenvalue weighted by atomic mass is 16.5. The highest BCUT2D eigenvalue weighted by Crippen LogP contribution is 2.21. The molecule has 1 aliphatic rings. The minimum atomic E-state index is -0.153. The minimum absolute atomic E-state index is 0.00729. The number of nitrogens with zero attached hydrogens (tertiary/aromatic N) is 3. The molecule has 6 heteroatoms. The molecule has 0 saturated carbocycles. The van der Waals surface area contributed by atoms with Gasteiger partial charge in [-0.15, -0.1) is 0 Å². The van der Waals surface area contributed by atoms with Crippen molar-refractivity contribution < 1.29 is 9.53 Å². The third kappa shape index (κ3) is 4.90. The molecule has 1 aromatic heterocycles. The molecule has 0 aliphatic carbocycles. The van der Waals surface area contributed by atoms with E-state index in [1.54, 1.807) is 0 Å². The largest absolute Gasteiger partial charge is 0.379 e. The molecular formula is C19H26N4O2. The molecule has 2 aromatic rings. The van der Waals surface area contributed by atoms with Gasteiger partial charge in [0.1, 0.15) is 0 Å². The summed E-state index contributed by atoms with van der Waals surface area (Å²) in [7, 11) is 0. The van der Waals surface area contributed by atoms with Crippen molar-refractivity contribution in [1.82, 2.24) is 14.7 Å². The van der Waals surface area contributed by atoms with E-state index in [0.717, 1.165) is 51.4 Å². The first-order valence-corrected chi connectivity index (χ1v) is 8.95. The van der Waals surface area contributed by atoms with Gasteiger partial charge < -0.3 is 10.1 Å². The zero-order valence-corrected chi connectivity index (χ0v) is 14.7. The van der Waals surface area contributed by atoms with Crippen LogP contribution in [0.4, 0.5) is 5.82 Å². The summed E-state index contributed by atoms with van der Waals surface area (Å²) in [5.74, 6) is 0.452. The molecule has 25 heavy (non-hydrogen) atoms. The van der Waals surface area contributed by atoms with E-state index in [2.05, 4.69) is 15.3 Å². The molecule has 0 radical (unpaired) electrons. The Hall–Kier alpha value is -2.18. The maximum atomic E-state index is 12.6. The van der Waals surface area contributed by atoms with Crippen molar-refractivity contribution in [2.24, 2.45) is 0 Å². The predicted molar refractivity (Wildman–Crippen MR) is 97.6 cm³/mol. The van der Waals surface area contributed by atoms with E-state index >= 15 is 0 Å². The van der Waals surface area contributed by atoms with Crippen LogP contribution in [0.2, 0.25) is 0 Å². The molecule has 1 amide bonds. The van der Waals surface area contributed by atoms with E-state index in [0.29, 0.717) is 5.82 Å². The molecule has 0 bridgehead atoms. The number of carbonyl (C=O) groups excluding carboxylic acids is 1. The second-order valence-electron chi connectivity index (χ2n) is 6.28. The van der Waals surface area contributed by atoms with Gasteiger partial charge in [-0.3, -0.25) is 14.4 Å². The van der Waals surface area contributed by atoms with Crippen molar-refractivity contribution in [2.75, 3.05) is 38.2 Å². The molecule has 0 unspecified atom stereocenters. The fourth-order valence-electron chi connectivity index (χ4n) is 3.09. The van der Waals surface area contributed by atoms with Crippen molar-refractivity contribution in [3.63, 3.8) is 0 Å². The molecular weight excluding hydrogens is 316 g/mol. The van der Waals surface area contributed by atoms with Crippen molar-refractivity contribution in [1.29, 1.82) is 0 Å². The first kappa shape index (κ1) is 17.6. The second kappa shape index (κ2) is 8.78. The summed E-state index contributed by atoms with van der Waals surface area (Å²) in [6.07, 6.45) is 2.67. The topological polar surface area (TPSA) is 59.4 Å². The lowest BCUT2D eigenvalue weighted by molar-refractivity contribution is -0.117. The molecule has 1 saturated heterocycles. The predicted octanol–water partition coefficient (Wildman–Crippen LogP) is 2.35. The smallest absolute Gasteiger partial charge is 0.233 e. The van der Waals surface area contributed by atoms with Gasteiger partial charge in [0, 0.05) is 31.9 Å². The Morgan fingerprint density at radius 2 is 1.96 bits per heavy atom. The average Bonchev–Trinajstić information content (AvgIpc) is 3.10. The third-order valence-corrected chi connectivity index (χ3v) is 4.57. The molecule has 1 fully saturated rings. The Balaban J connectivity index is 1.54. The number of hydrogen-bond acceptors (Lipinski definition) is 4. The van der Waals surface area contributed by atoms with Gasteiger partial charge in [-0.1, -0.05) is 37.3 Å². The maximum absolute atomic E-state index is 12.6. The normalized spacial score (nSPS) is 16.5. The number of benzene rings is 1. The summed E-state index contributed by atoms with van der Waals surface area (Å²) < 4.78 is 7.24. The zero-order chi connectivity index (χ0) is 17.5. The molecule has 1 N–H and O–H groups in total. The van der Waals surface area contributed by atoms with E-state index in [1.807, 2.05) is 54.2 Å². The highest BCUT2D eigenvalue weighted by molar-refractivity contribution is 5.95. The number of ether oxygens (including phenoxy) is 1. The number of nitrogens with one attached hydrogen (secondary N) is 1. The monoisotopic (exact) mass is 342 g/mol. The standard InChI is InChI=1S/C19H26N4O2/c1-2-17(16-6-4-3-5-7-16)19(24)20-18-8-9-23(21-18)11-10-22-12-14-25-15-13-22/h3-9,17H,2,10-15H2,1H3,(H,20,21,24)/t17-/m1/s1. The lowest BCUT2D eigenvalue weighted by Gasteiger charge is -2.26. The van der Waals surface area contributed by atoms with Crippen LogP contribution in [0.5, 0.6) is 0 Å². The second-order valence-corrected chi connectivity index (χ2v) is 6.28. The van der Waals surface area contributed by atoms with Crippen LogP contribution in [-0.4, -0.2) is 53.4 Å². The molecule has 6 nitrogen and oxygen atoms in total. The first-order valence-electron chi connectivity index (χ1n) is 8.95. The molecule has 1 aromatic carbocycles. The van der Waals surface area contributed by atoms with Gasteiger partial charge in [0.2, 0.25) is 5.91 Å². The van der Waals surface area contributed by atoms with Gasteiger partial charge in [-0.25, -0.2) is 0 Å². The third-order valence-electron chi connectivity index (χ3n) is 4.57. The van der Waals surface area contributed by atoms with E-state index in [4.69, 9.17) is 4.74 Å². The number of aromatic nitrogens is 2. The van der Waals surface area contributed by atoms with Crippen LogP contribution in [0.3, 0.4) is 0 Å². The molecule has 134 valence electrons. The van der Waals surface area contributed by atoms with Gasteiger partial charge >= 0.3 is 0 Å². The quantitative estimate of drug-likeness (QED) is 0.839. The summed E-state index contributed by atoms with van der Waals surface area (Å²) in [4.78, 5) is 14.9. The number of anilines is 1. The van der Waals surface area contributed by atoms with Gasteiger partial charge in [-0.05, 0) is 12.0 Å². The van der Waals surface area contributed by atoms with Crippen LogP contribution in [0, 0.1) is 0 Å². The van der Waals surface area contributed by atoms with E-state index < -0.39 is 0 Å². The first-order chi connectivity index (χ1) is 12.3. The van der Waals surface area contributed by atoms with Gasteiger partial charge in [-0.2, -0.15) is 5.10 Å².